The summed E-state index contributed by atoms with van der Waals surface area (Å²) < 4.78 is 64.1. The molecular weight excluding hydrogens is 249 g/mol. The third kappa shape index (κ3) is 3.36. The molecule has 1 heterocycles. The van der Waals surface area contributed by atoms with Gasteiger partial charge in [0.1, 0.15) is 11.4 Å². The molecule has 1 rings (SSSR count). The van der Waals surface area contributed by atoms with E-state index in [4.69, 9.17) is 0 Å². The molecule has 0 atom stereocenters. The third-order valence-corrected chi connectivity index (χ3v) is 1.79. The second kappa shape index (κ2) is 4.64. The number of carbonyl (C=O) groups is 1. The van der Waals surface area contributed by atoms with Crippen molar-refractivity contribution in [3.05, 3.63) is 23.0 Å². The standard InChI is InChI=1S/C9H6F5NO2/c1-4-2-6(17-9(12,13)14)7(8(10)11)15-5(4)3-16/h2-3,8H,1H3. The van der Waals surface area contributed by atoms with Crippen molar-refractivity contribution in [1.82, 2.24) is 4.98 Å². The van der Waals surface area contributed by atoms with Crippen molar-refractivity contribution >= 4 is 6.29 Å². The lowest BCUT2D eigenvalue weighted by Crippen LogP contribution is -2.19. The van der Waals surface area contributed by atoms with Crippen LogP contribution in [0.4, 0.5) is 22.0 Å². The number of alkyl halides is 5. The molecule has 0 aliphatic rings. The summed E-state index contributed by atoms with van der Waals surface area (Å²) in [6.45, 7) is 1.26. The van der Waals surface area contributed by atoms with Crippen LogP contribution < -0.4 is 4.74 Å². The largest absolute Gasteiger partial charge is 0.573 e. The van der Waals surface area contributed by atoms with Crippen LogP contribution in [0.1, 0.15) is 28.2 Å². The Hall–Kier alpha value is -1.73. The van der Waals surface area contributed by atoms with Crippen LogP contribution in [-0.2, 0) is 0 Å². The Bertz CT molecular complexity index is 430. The zero-order valence-corrected chi connectivity index (χ0v) is 8.39. The summed E-state index contributed by atoms with van der Waals surface area (Å²) in [4.78, 5) is 13.6. The Labute approximate surface area is 92.2 Å². The van der Waals surface area contributed by atoms with E-state index in [1.807, 2.05) is 0 Å². The first-order valence-corrected chi connectivity index (χ1v) is 4.25. The van der Waals surface area contributed by atoms with E-state index in [2.05, 4.69) is 9.72 Å². The minimum absolute atomic E-state index is 0.0173. The third-order valence-electron chi connectivity index (χ3n) is 1.79. The molecule has 0 saturated heterocycles. The summed E-state index contributed by atoms with van der Waals surface area (Å²) in [5, 5.41) is 0. The van der Waals surface area contributed by atoms with Gasteiger partial charge in [0.2, 0.25) is 0 Å². The van der Waals surface area contributed by atoms with Crippen LogP contribution in [0.5, 0.6) is 5.75 Å². The molecule has 0 spiro atoms. The molecule has 0 unspecified atom stereocenters. The maximum Gasteiger partial charge on any atom is 0.573 e. The predicted octanol–water partition coefficient (Wildman–Crippen LogP) is 3.04. The Morgan fingerprint density at radius 1 is 1.41 bits per heavy atom. The smallest absolute Gasteiger partial charge is 0.404 e. The summed E-state index contributed by atoms with van der Waals surface area (Å²) in [7, 11) is 0. The Kier molecular flexibility index (Phi) is 3.64. The Balaban J connectivity index is 3.28. The first-order valence-electron chi connectivity index (χ1n) is 4.25. The predicted molar refractivity (Wildman–Crippen MR) is 46.0 cm³/mol. The molecule has 0 N–H and O–H groups in total. The molecule has 3 nitrogen and oxygen atoms in total. The fourth-order valence-corrected chi connectivity index (χ4v) is 1.10. The van der Waals surface area contributed by atoms with Gasteiger partial charge in [0, 0.05) is 0 Å². The lowest BCUT2D eigenvalue weighted by atomic mass is 10.2. The number of ether oxygens (including phenoxy) is 1. The number of rotatable bonds is 3. The topological polar surface area (TPSA) is 39.2 Å². The van der Waals surface area contributed by atoms with Gasteiger partial charge >= 0.3 is 6.36 Å². The molecule has 0 aromatic carbocycles. The quantitative estimate of drug-likeness (QED) is 0.615. The summed E-state index contributed by atoms with van der Waals surface area (Å²) in [5.41, 5.74) is -1.55. The van der Waals surface area contributed by atoms with E-state index >= 15 is 0 Å². The van der Waals surface area contributed by atoms with Gasteiger partial charge in [-0.25, -0.2) is 13.8 Å². The van der Waals surface area contributed by atoms with Gasteiger partial charge in [-0.2, -0.15) is 0 Å². The molecule has 1 aromatic rings. The van der Waals surface area contributed by atoms with Crippen molar-refractivity contribution < 1.29 is 31.5 Å². The van der Waals surface area contributed by atoms with Crippen molar-refractivity contribution in [2.45, 2.75) is 19.7 Å². The lowest BCUT2D eigenvalue weighted by molar-refractivity contribution is -0.275. The Morgan fingerprint density at radius 3 is 2.41 bits per heavy atom. The lowest BCUT2D eigenvalue weighted by Gasteiger charge is -2.13. The average Bonchev–Trinajstić information content (AvgIpc) is 2.14. The van der Waals surface area contributed by atoms with Gasteiger partial charge in [-0.15, -0.1) is 13.2 Å². The summed E-state index contributed by atoms with van der Waals surface area (Å²) in [5.74, 6) is -1.10. The van der Waals surface area contributed by atoms with Gasteiger partial charge < -0.3 is 4.74 Å². The zero-order chi connectivity index (χ0) is 13.2. The van der Waals surface area contributed by atoms with E-state index in [9.17, 15) is 26.7 Å². The highest BCUT2D eigenvalue weighted by atomic mass is 19.4. The number of carbonyl (C=O) groups excluding carboxylic acids is 1. The fourth-order valence-electron chi connectivity index (χ4n) is 1.10. The number of hydrogen-bond donors (Lipinski definition) is 0. The van der Waals surface area contributed by atoms with E-state index in [0.29, 0.717) is 6.07 Å². The molecule has 0 radical (unpaired) electrons. The first-order chi connectivity index (χ1) is 7.74. The maximum absolute atomic E-state index is 12.4. The molecule has 0 amide bonds. The van der Waals surface area contributed by atoms with Gasteiger partial charge in [-0.05, 0) is 18.6 Å². The fraction of sp³-hybridized carbons (Fsp3) is 0.333. The minimum atomic E-state index is -5.10. The zero-order valence-electron chi connectivity index (χ0n) is 8.39. The second-order valence-electron chi connectivity index (χ2n) is 3.04. The molecule has 0 saturated carbocycles. The van der Waals surface area contributed by atoms with Crippen LogP contribution in [0.3, 0.4) is 0 Å². The van der Waals surface area contributed by atoms with Crippen LogP contribution in [0.25, 0.3) is 0 Å². The van der Waals surface area contributed by atoms with Crippen LogP contribution in [0.15, 0.2) is 6.07 Å². The van der Waals surface area contributed by atoms with E-state index < -0.39 is 24.2 Å². The van der Waals surface area contributed by atoms with Crippen LogP contribution in [0, 0.1) is 6.92 Å². The molecule has 94 valence electrons. The monoisotopic (exact) mass is 255 g/mol. The molecular formula is C9H6F5NO2. The molecule has 8 heteroatoms. The molecule has 0 bridgehead atoms. The highest BCUT2D eigenvalue weighted by Crippen LogP contribution is 2.32. The molecule has 0 aliphatic carbocycles. The first kappa shape index (κ1) is 13.3. The van der Waals surface area contributed by atoms with Gasteiger partial charge in [-0.3, -0.25) is 4.79 Å². The van der Waals surface area contributed by atoms with Crippen LogP contribution >= 0.6 is 0 Å². The SMILES string of the molecule is Cc1cc(OC(F)(F)F)c(C(F)F)nc1C=O. The molecule has 1 aromatic heterocycles. The highest BCUT2D eigenvalue weighted by Gasteiger charge is 2.34. The highest BCUT2D eigenvalue weighted by molar-refractivity contribution is 5.74. The number of aldehydes is 1. The van der Waals surface area contributed by atoms with Gasteiger partial charge in [-0.1, -0.05) is 0 Å². The summed E-state index contributed by atoms with van der Waals surface area (Å²) >= 11 is 0. The number of aromatic nitrogens is 1. The van der Waals surface area contributed by atoms with E-state index in [-0.39, 0.29) is 17.5 Å². The van der Waals surface area contributed by atoms with Crippen molar-refractivity contribution in [3.8, 4) is 5.75 Å². The molecule has 0 fully saturated rings. The van der Waals surface area contributed by atoms with Gasteiger partial charge in [0.25, 0.3) is 6.43 Å². The number of nitrogens with zero attached hydrogens (tertiary/aromatic N) is 1. The molecule has 17 heavy (non-hydrogen) atoms. The summed E-state index contributed by atoms with van der Waals surface area (Å²) in [6, 6.07) is 0.700. The maximum atomic E-state index is 12.4. The van der Waals surface area contributed by atoms with Crippen LogP contribution in [0.2, 0.25) is 0 Å². The van der Waals surface area contributed by atoms with Gasteiger partial charge in [0.15, 0.2) is 12.0 Å². The van der Waals surface area contributed by atoms with Gasteiger partial charge in [0.05, 0.1) is 0 Å². The second-order valence-corrected chi connectivity index (χ2v) is 3.04. The number of aryl methyl sites for hydroxylation is 1. The molecule has 0 aliphatic heterocycles. The number of pyridine rings is 1. The minimum Gasteiger partial charge on any atom is -0.404 e. The Morgan fingerprint density at radius 2 is 2.00 bits per heavy atom. The van der Waals surface area contributed by atoms with Crippen molar-refractivity contribution in [1.29, 1.82) is 0 Å². The van der Waals surface area contributed by atoms with E-state index in [1.165, 1.54) is 6.92 Å². The average molecular weight is 255 g/mol. The normalized spacial score (nSPS) is 11.7. The van der Waals surface area contributed by atoms with E-state index in [1.54, 1.807) is 0 Å². The van der Waals surface area contributed by atoms with Crippen LogP contribution in [-0.4, -0.2) is 17.6 Å². The number of hydrogen-bond acceptors (Lipinski definition) is 3. The van der Waals surface area contributed by atoms with E-state index in [0.717, 1.165) is 0 Å². The van der Waals surface area contributed by atoms with Crippen molar-refractivity contribution in [2.75, 3.05) is 0 Å². The summed E-state index contributed by atoms with van der Waals surface area (Å²) in [6.07, 6.45) is -8.19. The van der Waals surface area contributed by atoms with Crippen molar-refractivity contribution in [3.63, 3.8) is 0 Å². The number of halogens is 5. The van der Waals surface area contributed by atoms with Crippen molar-refractivity contribution in [2.24, 2.45) is 0 Å².